The molecular weight excluding hydrogens is 1480 g/mol. The highest BCUT2D eigenvalue weighted by atomic mass is 32.1. The molecule has 9 aliphatic rings. The lowest BCUT2D eigenvalue weighted by Crippen LogP contribution is -2.62. The largest absolute Gasteiger partial charge is 0.355 e. The Bertz CT molecular complexity index is 5240. The van der Waals surface area contributed by atoms with Crippen molar-refractivity contribution < 1.29 is 14.4 Å². The predicted molar refractivity (Wildman–Crippen MR) is 459 cm³/mol. The fraction of sp³-hybridized carbons (Fsp3) is 0.567. The number of nitrogens with zero attached hydrogens (tertiary/aromatic N) is 12. The quantitative estimate of drug-likeness (QED) is 0.0670. The zero-order valence-electron chi connectivity index (χ0n) is 69.4. The van der Waals surface area contributed by atoms with Gasteiger partial charge in [0.05, 0.1) is 33.3 Å². The number of thiophene rings is 3. The van der Waals surface area contributed by atoms with Crippen LogP contribution in [0.4, 0.5) is 0 Å². The number of aromatic amines is 3. The Balaban J connectivity index is 0.000000115. The molecular formula is C90H114N18O3S3. The monoisotopic (exact) mass is 1590 g/mol. The number of fused-ring (bicyclic) bond motifs is 6. The van der Waals surface area contributed by atoms with Crippen molar-refractivity contribution in [3.8, 4) is 33.8 Å². The number of nitrogens with one attached hydrogen (secondary N) is 6. The summed E-state index contributed by atoms with van der Waals surface area (Å²) in [6.45, 7) is 42.4. The van der Waals surface area contributed by atoms with Crippen molar-refractivity contribution in [2.24, 2.45) is 16.2 Å². The molecule has 3 aliphatic carbocycles. The molecule has 0 aromatic carbocycles. The predicted octanol–water partition coefficient (Wildman–Crippen LogP) is 17.5. The first-order chi connectivity index (χ1) is 54.8. The van der Waals surface area contributed by atoms with Crippen LogP contribution in [0.3, 0.4) is 0 Å². The van der Waals surface area contributed by atoms with Crippen LogP contribution in [0.15, 0.2) is 37.6 Å². The molecule has 6 saturated heterocycles. The first-order valence-electron chi connectivity index (χ1n) is 42.7. The van der Waals surface area contributed by atoms with Gasteiger partial charge in [-0.25, -0.2) is 28.5 Å². The van der Waals surface area contributed by atoms with E-state index in [1.54, 1.807) is 33.6 Å². The van der Waals surface area contributed by atoms with Crippen molar-refractivity contribution in [2.75, 3.05) is 58.9 Å². The fourth-order valence-corrected chi connectivity index (χ4v) is 27.0. The highest BCUT2D eigenvalue weighted by Crippen LogP contribution is 2.54. The lowest BCUT2D eigenvalue weighted by Gasteiger charge is -2.51. The fourth-order valence-electron chi connectivity index (χ4n) is 22.8. The van der Waals surface area contributed by atoms with E-state index in [4.69, 9.17) is 0 Å². The summed E-state index contributed by atoms with van der Waals surface area (Å²) in [4.78, 5) is 78.2. The number of aromatic nitrogens is 12. The van der Waals surface area contributed by atoms with Crippen molar-refractivity contribution in [2.45, 2.75) is 254 Å². The molecule has 3 saturated carbocycles. The van der Waals surface area contributed by atoms with Gasteiger partial charge in [0.1, 0.15) is 33.5 Å². The molecule has 0 radical (unpaired) electrons. The maximum absolute atomic E-state index is 12.3. The van der Waals surface area contributed by atoms with Gasteiger partial charge < -0.3 is 30.9 Å². The average Bonchev–Trinajstić information content (AvgIpc) is 1.57. The smallest absolute Gasteiger partial charge is 0.228 e. The maximum atomic E-state index is 12.3. The van der Waals surface area contributed by atoms with Crippen molar-refractivity contribution in [1.29, 1.82) is 0 Å². The summed E-state index contributed by atoms with van der Waals surface area (Å²) < 4.78 is 5.73. The molecule has 600 valence electrons. The van der Waals surface area contributed by atoms with E-state index in [9.17, 15) is 14.4 Å². The van der Waals surface area contributed by atoms with Crippen molar-refractivity contribution in [3.63, 3.8) is 0 Å². The molecule has 0 bridgehead atoms. The number of hydrogen-bond donors (Lipinski definition) is 6. The van der Waals surface area contributed by atoms with Crippen LogP contribution in [0.1, 0.15) is 255 Å². The number of likely N-dealkylation sites (tertiary alicyclic amines) is 3. The zero-order valence-corrected chi connectivity index (χ0v) is 71.9. The molecule has 18 heterocycles. The molecule has 12 aromatic heterocycles. The molecule has 0 atom stereocenters. The molecule has 6 N–H and O–H groups in total. The van der Waals surface area contributed by atoms with E-state index in [0.717, 1.165) is 95.1 Å². The second-order valence-electron chi connectivity index (χ2n) is 37.1. The van der Waals surface area contributed by atoms with Gasteiger partial charge in [-0.15, -0.1) is 34.0 Å². The van der Waals surface area contributed by atoms with E-state index in [2.05, 4.69) is 198 Å². The third-order valence-electron chi connectivity index (χ3n) is 29.7. The molecule has 21 rings (SSSR count). The Morgan fingerprint density at radius 3 is 0.842 bits per heavy atom. The molecule has 3 spiro atoms. The third-order valence-corrected chi connectivity index (χ3v) is 33.8. The number of pyridine rings is 3. The second-order valence-corrected chi connectivity index (χ2v) is 40.3. The molecule has 24 heteroatoms. The van der Waals surface area contributed by atoms with Crippen LogP contribution in [0, 0.1) is 78.6 Å². The Labute approximate surface area is 680 Å². The van der Waals surface area contributed by atoms with Crippen LogP contribution in [-0.4, -0.2) is 168 Å². The Hall–Kier alpha value is -8.13. The maximum Gasteiger partial charge on any atom is 0.228 e. The molecule has 0 unspecified atom stereocenters. The summed E-state index contributed by atoms with van der Waals surface area (Å²) in [5.41, 5.74) is 26.0. The highest BCUT2D eigenvalue weighted by molar-refractivity contribution is 7.19. The summed E-state index contributed by atoms with van der Waals surface area (Å²) in [7, 11) is 0. The zero-order chi connectivity index (χ0) is 79.0. The summed E-state index contributed by atoms with van der Waals surface area (Å²) in [6.07, 6.45) is 29.3. The number of carbonyl (C=O) groups is 3. The minimum atomic E-state index is -0.0691. The summed E-state index contributed by atoms with van der Waals surface area (Å²) in [5.74, 6) is 4.02. The SMILES string of the molecule is Cc1c(-c2[nH]c3sc(C4CCC(N5CC6(CCNC6=O)C5)CC4)c(C)c3c2C(C)C)cn2ncnc2c1C.Cc1c(-c2[nH]c3sc(C4CCC(N5CC6(CCNC6=O)C5)CC4)c(C)c3c2C(C)C)cn2ncnc2c1C.Cc1c(-c2[nH]c3sc(C4CCC(N5CC6(CCNC6=O)C5)CC4)c(C)c3c2C(C)C)cn2ncnc2c1C. The van der Waals surface area contributed by atoms with Gasteiger partial charge in [-0.2, -0.15) is 15.3 Å². The normalized spacial score (nSPS) is 23.7. The van der Waals surface area contributed by atoms with E-state index in [0.29, 0.717) is 71.4 Å². The second kappa shape index (κ2) is 28.6. The Kier molecular flexibility index (Phi) is 19.0. The Morgan fingerprint density at radius 2 is 0.614 bits per heavy atom. The van der Waals surface area contributed by atoms with Crippen LogP contribution in [-0.2, 0) is 14.4 Å². The van der Waals surface area contributed by atoms with Crippen LogP contribution >= 0.6 is 34.0 Å². The molecule has 114 heavy (non-hydrogen) atoms. The van der Waals surface area contributed by atoms with Gasteiger partial charge in [-0.3, -0.25) is 29.1 Å². The van der Waals surface area contributed by atoms with Crippen LogP contribution in [0.25, 0.3) is 81.4 Å². The van der Waals surface area contributed by atoms with Gasteiger partial charge in [0, 0.05) is 143 Å². The highest BCUT2D eigenvalue weighted by Gasteiger charge is 2.56. The standard InChI is InChI=1S/3C30H38N6OS/c3*1-16(2)23-24-19(5)26(20-6-8-21(9-7-20)35-13-30(14-35)10-11-31-29(30)37)38-28(24)34-25(23)22-12-36-27(32-15-33-36)18(4)17(22)3/h3*12,15-16,20-21,34H,6-11,13-14H2,1-5H3,(H,31,37). The minimum absolute atomic E-state index is 0.0691. The first kappa shape index (κ1) is 75.9. The van der Waals surface area contributed by atoms with Crippen molar-refractivity contribution >= 4 is 99.3 Å². The number of carbonyl (C=O) groups excluding carboxylic acids is 3. The number of amides is 3. The number of rotatable bonds is 12. The van der Waals surface area contributed by atoms with Gasteiger partial charge in [0.25, 0.3) is 0 Å². The van der Waals surface area contributed by atoms with Gasteiger partial charge in [0.2, 0.25) is 17.7 Å². The van der Waals surface area contributed by atoms with Gasteiger partial charge in [-0.1, -0.05) is 41.5 Å². The summed E-state index contributed by atoms with van der Waals surface area (Å²) in [5, 5.41) is 26.8. The van der Waals surface area contributed by atoms with E-state index in [1.165, 1.54) is 208 Å². The van der Waals surface area contributed by atoms with Crippen LogP contribution < -0.4 is 16.0 Å². The summed E-state index contributed by atoms with van der Waals surface area (Å²) in [6, 6.07) is 1.93. The average molecular weight is 1590 g/mol. The summed E-state index contributed by atoms with van der Waals surface area (Å²) >= 11 is 5.94. The van der Waals surface area contributed by atoms with Gasteiger partial charge in [-0.05, 0) is 261 Å². The molecule has 9 fully saturated rings. The van der Waals surface area contributed by atoms with Crippen LogP contribution in [0.5, 0.6) is 0 Å². The first-order valence-corrected chi connectivity index (χ1v) is 45.2. The van der Waals surface area contributed by atoms with E-state index < -0.39 is 0 Å². The lowest BCUT2D eigenvalue weighted by molar-refractivity contribution is -0.140. The molecule has 12 aromatic rings. The molecule has 21 nitrogen and oxygen atoms in total. The topological polar surface area (TPSA) is 235 Å². The number of aryl methyl sites for hydroxylation is 6. The lowest BCUT2D eigenvalue weighted by atomic mass is 9.74. The Morgan fingerprint density at radius 1 is 0.360 bits per heavy atom. The number of hydrogen-bond acceptors (Lipinski definition) is 15. The van der Waals surface area contributed by atoms with Crippen molar-refractivity contribution in [3.05, 3.63) is 119 Å². The van der Waals surface area contributed by atoms with Crippen LogP contribution in [0.2, 0.25) is 0 Å². The van der Waals surface area contributed by atoms with Crippen molar-refractivity contribution in [1.82, 2.24) is 89.4 Å². The molecule has 6 aliphatic heterocycles. The van der Waals surface area contributed by atoms with E-state index in [-0.39, 0.29) is 16.2 Å². The third kappa shape index (κ3) is 12.1. The van der Waals surface area contributed by atoms with E-state index in [1.807, 2.05) is 47.6 Å². The van der Waals surface area contributed by atoms with Gasteiger partial charge in [0.15, 0.2) is 16.9 Å². The van der Waals surface area contributed by atoms with E-state index >= 15 is 0 Å². The number of H-pyrrole nitrogens is 3. The van der Waals surface area contributed by atoms with Gasteiger partial charge >= 0.3 is 0 Å². The molecule has 3 amide bonds. The minimum Gasteiger partial charge on any atom is -0.355 e.